The maximum atomic E-state index is 14.7. The summed E-state index contributed by atoms with van der Waals surface area (Å²) >= 11 is 12.7. The minimum atomic E-state index is -4.28. The number of halogens is 3. The summed E-state index contributed by atoms with van der Waals surface area (Å²) < 4.78 is 42.6. The third kappa shape index (κ3) is 7.80. The van der Waals surface area contributed by atoms with E-state index < -0.39 is 40.4 Å². The first-order valence-corrected chi connectivity index (χ1v) is 13.9. The highest BCUT2D eigenvalue weighted by Crippen LogP contribution is 2.28. The summed E-state index contributed by atoms with van der Waals surface area (Å²) in [5.74, 6) is -1.77. The van der Waals surface area contributed by atoms with E-state index in [1.165, 1.54) is 37.2 Å². The van der Waals surface area contributed by atoms with E-state index in [4.69, 9.17) is 23.2 Å². The first kappa shape index (κ1) is 30.8. The number of hydrogen-bond acceptors (Lipinski definition) is 4. The minimum absolute atomic E-state index is 0.155. The molecule has 2 amide bonds. The number of para-hydroxylation sites is 1. The summed E-state index contributed by atoms with van der Waals surface area (Å²) in [5.41, 5.74) is 0.111. The fraction of sp³-hybridized carbons (Fsp3) is 0.440. The quantitative estimate of drug-likeness (QED) is 0.408. The molecule has 2 rings (SSSR count). The second-order valence-corrected chi connectivity index (χ2v) is 11.9. The van der Waals surface area contributed by atoms with Crippen LogP contribution in [0.4, 0.5) is 10.1 Å². The maximum absolute atomic E-state index is 14.7. The molecule has 2 aromatic rings. The molecule has 0 unspecified atom stereocenters. The van der Waals surface area contributed by atoms with Crippen LogP contribution >= 0.6 is 23.2 Å². The van der Waals surface area contributed by atoms with E-state index in [0.717, 1.165) is 10.4 Å². The van der Waals surface area contributed by atoms with Crippen molar-refractivity contribution in [3.63, 3.8) is 0 Å². The van der Waals surface area contributed by atoms with Crippen molar-refractivity contribution >= 4 is 50.9 Å². The molecular formula is C25H33Cl2FN4O4S. The normalized spacial score (nSPS) is 12.5. The number of nitrogens with one attached hydrogen (secondary N) is 1. The molecule has 204 valence electrons. The zero-order valence-electron chi connectivity index (χ0n) is 21.5. The number of nitrogens with zero attached hydrogens (tertiary/aromatic N) is 3. The van der Waals surface area contributed by atoms with E-state index in [2.05, 4.69) is 5.32 Å². The van der Waals surface area contributed by atoms with Crippen LogP contribution in [0.5, 0.6) is 0 Å². The van der Waals surface area contributed by atoms with E-state index >= 15 is 0 Å². The molecule has 1 N–H and O–H groups in total. The van der Waals surface area contributed by atoms with E-state index in [9.17, 15) is 22.4 Å². The van der Waals surface area contributed by atoms with Gasteiger partial charge in [-0.25, -0.2) is 8.70 Å². The summed E-state index contributed by atoms with van der Waals surface area (Å²) in [7, 11) is -1.72. The molecule has 0 aromatic heterocycles. The molecule has 0 heterocycles. The number of anilines is 1. The number of amides is 2. The van der Waals surface area contributed by atoms with Crippen LogP contribution in [0.25, 0.3) is 0 Å². The van der Waals surface area contributed by atoms with Gasteiger partial charge in [0.05, 0.1) is 5.69 Å². The van der Waals surface area contributed by atoms with Gasteiger partial charge in [0.25, 0.3) is 0 Å². The van der Waals surface area contributed by atoms with Crippen molar-refractivity contribution in [2.75, 3.05) is 31.5 Å². The molecule has 0 aliphatic heterocycles. The maximum Gasteiger partial charge on any atom is 0.304 e. The van der Waals surface area contributed by atoms with Crippen LogP contribution in [0.1, 0.15) is 32.8 Å². The summed E-state index contributed by atoms with van der Waals surface area (Å²) in [5, 5.41) is 3.40. The van der Waals surface area contributed by atoms with Gasteiger partial charge >= 0.3 is 10.2 Å². The standard InChI is InChI=1S/C25H33Cl2FN4O4S/c1-6-22(25(34)29-14-17(2)3)31(15-18-19(26)10-9-11-20(18)27)24(33)16-32(37(35,36)30(4)5)23-13-8-7-12-21(23)28/h7-13,17,22H,6,14-16H2,1-5H3,(H,29,34)/t22-/m1/s1. The Morgan fingerprint density at radius 1 is 1.03 bits per heavy atom. The van der Waals surface area contributed by atoms with Crippen LogP contribution in [0, 0.1) is 11.7 Å². The van der Waals surface area contributed by atoms with E-state index in [-0.39, 0.29) is 34.6 Å². The molecule has 8 nitrogen and oxygen atoms in total. The zero-order valence-corrected chi connectivity index (χ0v) is 23.9. The SMILES string of the molecule is CC[C@H](C(=O)NCC(C)C)N(Cc1c(Cl)cccc1Cl)C(=O)CN(c1ccccc1F)S(=O)(=O)N(C)C. The smallest absolute Gasteiger partial charge is 0.304 e. The Labute approximate surface area is 228 Å². The number of rotatable bonds is 12. The van der Waals surface area contributed by atoms with Crippen molar-refractivity contribution in [2.45, 2.75) is 39.8 Å². The van der Waals surface area contributed by atoms with Crippen LogP contribution in [-0.4, -0.2) is 62.7 Å². The average molecular weight is 576 g/mol. The second kappa shape index (κ2) is 13.4. The molecule has 0 saturated heterocycles. The van der Waals surface area contributed by atoms with Gasteiger partial charge in [0.1, 0.15) is 18.4 Å². The van der Waals surface area contributed by atoms with E-state index in [1.807, 2.05) is 13.8 Å². The number of carbonyl (C=O) groups excluding carboxylic acids is 2. The lowest BCUT2D eigenvalue weighted by molar-refractivity contribution is -0.140. The summed E-state index contributed by atoms with van der Waals surface area (Å²) in [6.45, 7) is 5.09. The van der Waals surface area contributed by atoms with Gasteiger partial charge in [0.15, 0.2) is 0 Å². The minimum Gasteiger partial charge on any atom is -0.354 e. The van der Waals surface area contributed by atoms with Gasteiger partial charge < -0.3 is 10.2 Å². The van der Waals surface area contributed by atoms with Crippen LogP contribution in [0.2, 0.25) is 10.0 Å². The van der Waals surface area contributed by atoms with Crippen molar-refractivity contribution in [3.05, 3.63) is 63.9 Å². The molecular weight excluding hydrogens is 542 g/mol. The second-order valence-electron chi connectivity index (χ2n) is 9.03. The first-order chi connectivity index (χ1) is 17.3. The van der Waals surface area contributed by atoms with Crippen LogP contribution < -0.4 is 9.62 Å². The molecule has 12 heteroatoms. The largest absolute Gasteiger partial charge is 0.354 e. The summed E-state index contributed by atoms with van der Waals surface area (Å²) in [6.07, 6.45) is 0.234. The van der Waals surface area contributed by atoms with Gasteiger partial charge in [-0.1, -0.05) is 62.2 Å². The molecule has 0 aliphatic rings. The summed E-state index contributed by atoms with van der Waals surface area (Å²) in [4.78, 5) is 28.2. The van der Waals surface area contributed by atoms with E-state index in [0.29, 0.717) is 16.4 Å². The van der Waals surface area contributed by atoms with Crippen LogP contribution in [-0.2, 0) is 26.3 Å². The van der Waals surface area contributed by atoms with Crippen LogP contribution in [0.3, 0.4) is 0 Å². The predicted molar refractivity (Wildman–Crippen MR) is 145 cm³/mol. The van der Waals surface area contributed by atoms with Gasteiger partial charge in [-0.2, -0.15) is 12.7 Å². The third-order valence-corrected chi connectivity index (χ3v) is 8.11. The van der Waals surface area contributed by atoms with Gasteiger partial charge in [-0.3, -0.25) is 9.59 Å². The highest BCUT2D eigenvalue weighted by atomic mass is 35.5. The highest BCUT2D eigenvalue weighted by molar-refractivity contribution is 7.90. The van der Waals surface area contributed by atoms with Gasteiger partial charge in [0.2, 0.25) is 11.8 Å². The van der Waals surface area contributed by atoms with Gasteiger partial charge in [-0.15, -0.1) is 0 Å². The molecule has 0 saturated carbocycles. The Hall–Kier alpha value is -2.40. The van der Waals surface area contributed by atoms with E-state index in [1.54, 1.807) is 25.1 Å². The molecule has 0 aliphatic carbocycles. The highest BCUT2D eigenvalue weighted by Gasteiger charge is 2.35. The molecule has 0 spiro atoms. The Kier molecular flexibility index (Phi) is 11.2. The predicted octanol–water partition coefficient (Wildman–Crippen LogP) is 4.32. The molecule has 0 fully saturated rings. The average Bonchev–Trinajstić information content (AvgIpc) is 2.83. The van der Waals surface area contributed by atoms with Crippen molar-refractivity contribution in [2.24, 2.45) is 5.92 Å². The number of benzene rings is 2. The Morgan fingerprint density at radius 2 is 1.62 bits per heavy atom. The third-order valence-electron chi connectivity index (χ3n) is 5.60. The molecule has 1 atom stereocenters. The lowest BCUT2D eigenvalue weighted by Crippen LogP contribution is -2.53. The topological polar surface area (TPSA) is 90.0 Å². The molecule has 2 aromatic carbocycles. The van der Waals surface area contributed by atoms with Crippen LogP contribution in [0.15, 0.2) is 42.5 Å². The Morgan fingerprint density at radius 3 is 2.14 bits per heavy atom. The Bertz CT molecular complexity index is 1190. The van der Waals surface area contributed by atoms with Crippen molar-refractivity contribution in [1.82, 2.24) is 14.5 Å². The molecule has 37 heavy (non-hydrogen) atoms. The zero-order chi connectivity index (χ0) is 27.9. The number of carbonyl (C=O) groups is 2. The molecule has 0 radical (unpaired) electrons. The molecule has 0 bridgehead atoms. The summed E-state index contributed by atoms with van der Waals surface area (Å²) in [6, 6.07) is 9.16. The van der Waals surface area contributed by atoms with Gasteiger partial charge in [-0.05, 0) is 36.6 Å². The number of hydrogen-bond donors (Lipinski definition) is 1. The van der Waals surface area contributed by atoms with Gasteiger partial charge in [0, 0.05) is 42.8 Å². The fourth-order valence-electron chi connectivity index (χ4n) is 3.55. The first-order valence-electron chi connectivity index (χ1n) is 11.8. The monoisotopic (exact) mass is 574 g/mol. The fourth-order valence-corrected chi connectivity index (χ4v) is 5.13. The van der Waals surface area contributed by atoms with Crippen molar-refractivity contribution < 1.29 is 22.4 Å². The van der Waals surface area contributed by atoms with Crippen molar-refractivity contribution in [1.29, 1.82) is 0 Å². The lowest BCUT2D eigenvalue weighted by Gasteiger charge is -2.34. The Balaban J connectivity index is 2.56. The lowest BCUT2D eigenvalue weighted by atomic mass is 10.1. The van der Waals surface area contributed by atoms with Crippen molar-refractivity contribution in [3.8, 4) is 0 Å².